The second kappa shape index (κ2) is 6.02. The van der Waals surface area contributed by atoms with Crippen LogP contribution in [0.2, 0.25) is 19.6 Å². The van der Waals surface area contributed by atoms with Gasteiger partial charge in [-0.15, -0.1) is 0 Å². The van der Waals surface area contributed by atoms with Crippen molar-refractivity contribution >= 4 is 13.3 Å². The van der Waals surface area contributed by atoms with E-state index in [0.717, 1.165) is 0 Å². The summed E-state index contributed by atoms with van der Waals surface area (Å²) in [6.07, 6.45) is -2.09. The fraction of sp³-hybridized carbons (Fsp3) is 0.500. The van der Waals surface area contributed by atoms with Crippen LogP contribution in [0, 0.1) is 0 Å². The third-order valence-corrected chi connectivity index (χ3v) is 4.83. The van der Waals surface area contributed by atoms with Crippen molar-refractivity contribution < 1.29 is 10.2 Å². The highest BCUT2D eigenvalue weighted by Gasteiger charge is 2.21. The van der Waals surface area contributed by atoms with Crippen LogP contribution in [0.25, 0.3) is 10.4 Å². The average Bonchev–Trinajstić information content (AvgIpc) is 2.34. The molecule has 0 aliphatic rings. The molecule has 1 aromatic rings. The highest BCUT2D eigenvalue weighted by atomic mass is 28.3. The Hall–Kier alpha value is -1.33. The van der Waals surface area contributed by atoms with E-state index in [0.29, 0.717) is 5.56 Å². The standard InChI is InChI=1S/C12H19N3O2Si/c1-18(2,3)10-6-4-5-9(7-10)12(17)11(16)8-14-15-13/h4-7,11-12,16-17H,8H2,1-3H3. The van der Waals surface area contributed by atoms with E-state index >= 15 is 0 Å². The first-order valence-electron chi connectivity index (χ1n) is 5.83. The lowest BCUT2D eigenvalue weighted by Gasteiger charge is -2.21. The summed E-state index contributed by atoms with van der Waals surface area (Å²) in [5.41, 5.74) is 8.85. The van der Waals surface area contributed by atoms with Gasteiger partial charge in [0.15, 0.2) is 0 Å². The number of hydrogen-bond donors (Lipinski definition) is 2. The van der Waals surface area contributed by atoms with Crippen LogP contribution in [0.5, 0.6) is 0 Å². The topological polar surface area (TPSA) is 89.2 Å². The van der Waals surface area contributed by atoms with Gasteiger partial charge in [-0.3, -0.25) is 0 Å². The normalized spacial score (nSPS) is 14.7. The molecule has 1 aromatic carbocycles. The molecule has 0 aliphatic heterocycles. The second-order valence-corrected chi connectivity index (χ2v) is 10.4. The SMILES string of the molecule is C[Si](C)(C)c1cccc(C(O)C(O)CN=[N+]=[N-])c1. The van der Waals surface area contributed by atoms with Crippen LogP contribution in [0.15, 0.2) is 29.4 Å². The van der Waals surface area contributed by atoms with Crippen LogP contribution in [-0.2, 0) is 0 Å². The number of aliphatic hydroxyl groups is 2. The summed E-state index contributed by atoms with van der Waals surface area (Å²) < 4.78 is 0. The number of benzene rings is 1. The van der Waals surface area contributed by atoms with E-state index in [1.54, 1.807) is 6.07 Å². The van der Waals surface area contributed by atoms with E-state index in [9.17, 15) is 10.2 Å². The van der Waals surface area contributed by atoms with Crippen molar-refractivity contribution in [2.75, 3.05) is 6.54 Å². The van der Waals surface area contributed by atoms with Crippen molar-refractivity contribution in [2.24, 2.45) is 5.11 Å². The Balaban J connectivity index is 2.92. The Bertz CT molecular complexity index is 453. The van der Waals surface area contributed by atoms with Gasteiger partial charge in [0, 0.05) is 4.91 Å². The van der Waals surface area contributed by atoms with Crippen LogP contribution in [-0.4, -0.2) is 30.9 Å². The van der Waals surface area contributed by atoms with Crippen LogP contribution in [0.1, 0.15) is 11.7 Å². The van der Waals surface area contributed by atoms with E-state index < -0.39 is 20.3 Å². The summed E-state index contributed by atoms with van der Waals surface area (Å²) in [4.78, 5) is 2.57. The van der Waals surface area contributed by atoms with E-state index in [1.807, 2.05) is 18.2 Å². The quantitative estimate of drug-likeness (QED) is 0.369. The smallest absolute Gasteiger partial charge is 0.105 e. The third-order valence-electron chi connectivity index (χ3n) is 2.79. The predicted octanol–water partition coefficient (Wildman–Crippen LogP) is 1.94. The molecule has 0 fully saturated rings. The van der Waals surface area contributed by atoms with Gasteiger partial charge >= 0.3 is 0 Å². The second-order valence-electron chi connectivity index (χ2n) is 5.30. The molecule has 0 saturated heterocycles. The van der Waals surface area contributed by atoms with Crippen molar-refractivity contribution in [3.63, 3.8) is 0 Å². The molecule has 2 N–H and O–H groups in total. The summed E-state index contributed by atoms with van der Waals surface area (Å²) in [5, 5.41) is 24.2. The Morgan fingerprint density at radius 2 is 2.00 bits per heavy atom. The zero-order valence-electron chi connectivity index (χ0n) is 10.9. The maximum absolute atomic E-state index is 9.99. The minimum Gasteiger partial charge on any atom is -0.390 e. The number of rotatable bonds is 5. The minimum atomic E-state index is -1.45. The maximum Gasteiger partial charge on any atom is 0.105 e. The Morgan fingerprint density at radius 1 is 1.33 bits per heavy atom. The number of azide groups is 1. The van der Waals surface area contributed by atoms with E-state index in [2.05, 4.69) is 29.7 Å². The molecule has 0 saturated carbocycles. The van der Waals surface area contributed by atoms with Gasteiger partial charge in [-0.05, 0) is 11.1 Å². The molecule has 0 aliphatic carbocycles. The Labute approximate surface area is 108 Å². The Kier molecular flexibility index (Phi) is 4.92. The molecule has 18 heavy (non-hydrogen) atoms. The predicted molar refractivity (Wildman–Crippen MR) is 74.4 cm³/mol. The highest BCUT2D eigenvalue weighted by Crippen LogP contribution is 2.17. The molecule has 6 heteroatoms. The molecule has 0 bridgehead atoms. The van der Waals surface area contributed by atoms with Gasteiger partial charge in [0.05, 0.1) is 20.7 Å². The maximum atomic E-state index is 9.99. The lowest BCUT2D eigenvalue weighted by atomic mass is 10.0. The number of nitrogens with zero attached hydrogens (tertiary/aromatic N) is 3. The van der Waals surface area contributed by atoms with Crippen molar-refractivity contribution in [2.45, 2.75) is 31.8 Å². The molecule has 1 rings (SSSR count). The first-order chi connectivity index (χ1) is 8.36. The minimum absolute atomic E-state index is 0.130. The molecular formula is C12H19N3O2Si. The average molecular weight is 265 g/mol. The molecule has 0 aromatic heterocycles. The third kappa shape index (κ3) is 3.85. The number of aliphatic hydroxyl groups excluding tert-OH is 2. The van der Waals surface area contributed by atoms with Gasteiger partial charge in [0.2, 0.25) is 0 Å². The van der Waals surface area contributed by atoms with E-state index in [4.69, 9.17) is 5.53 Å². The molecular weight excluding hydrogens is 246 g/mol. The first-order valence-corrected chi connectivity index (χ1v) is 9.33. The Morgan fingerprint density at radius 3 is 2.56 bits per heavy atom. The largest absolute Gasteiger partial charge is 0.390 e. The van der Waals surface area contributed by atoms with Crippen LogP contribution >= 0.6 is 0 Å². The van der Waals surface area contributed by atoms with Gasteiger partial charge < -0.3 is 10.2 Å². The summed E-state index contributed by atoms with van der Waals surface area (Å²) in [5.74, 6) is 0. The fourth-order valence-corrected chi connectivity index (χ4v) is 2.83. The molecule has 2 unspecified atom stereocenters. The van der Waals surface area contributed by atoms with E-state index in [1.165, 1.54) is 5.19 Å². The van der Waals surface area contributed by atoms with Crippen molar-refractivity contribution in [3.05, 3.63) is 40.3 Å². The zero-order valence-corrected chi connectivity index (χ0v) is 11.9. The zero-order chi connectivity index (χ0) is 13.8. The molecule has 0 heterocycles. The monoisotopic (exact) mass is 265 g/mol. The molecule has 0 radical (unpaired) electrons. The summed E-state index contributed by atoms with van der Waals surface area (Å²) in [6, 6.07) is 7.62. The van der Waals surface area contributed by atoms with Gasteiger partial charge in [0.1, 0.15) is 6.10 Å². The van der Waals surface area contributed by atoms with Gasteiger partial charge in [0.25, 0.3) is 0 Å². The van der Waals surface area contributed by atoms with Gasteiger partial charge in [-0.25, -0.2) is 0 Å². The van der Waals surface area contributed by atoms with Crippen molar-refractivity contribution in [3.8, 4) is 0 Å². The molecule has 0 amide bonds. The summed E-state index contributed by atoms with van der Waals surface area (Å²) in [7, 11) is -1.45. The van der Waals surface area contributed by atoms with E-state index in [-0.39, 0.29) is 6.54 Å². The summed E-state index contributed by atoms with van der Waals surface area (Å²) >= 11 is 0. The molecule has 0 spiro atoms. The highest BCUT2D eigenvalue weighted by molar-refractivity contribution is 6.88. The van der Waals surface area contributed by atoms with Crippen LogP contribution < -0.4 is 5.19 Å². The first kappa shape index (κ1) is 14.7. The summed E-state index contributed by atoms with van der Waals surface area (Å²) in [6.45, 7) is 6.52. The lowest BCUT2D eigenvalue weighted by Crippen LogP contribution is -2.38. The van der Waals surface area contributed by atoms with Gasteiger partial charge in [-0.2, -0.15) is 0 Å². The van der Waals surface area contributed by atoms with Crippen molar-refractivity contribution in [1.29, 1.82) is 0 Å². The van der Waals surface area contributed by atoms with Crippen LogP contribution in [0.3, 0.4) is 0 Å². The van der Waals surface area contributed by atoms with Gasteiger partial charge in [-0.1, -0.05) is 54.2 Å². The molecule has 98 valence electrons. The van der Waals surface area contributed by atoms with Crippen LogP contribution in [0.4, 0.5) is 0 Å². The number of hydrogen-bond acceptors (Lipinski definition) is 3. The van der Waals surface area contributed by atoms with Crippen molar-refractivity contribution in [1.82, 2.24) is 0 Å². The molecule has 5 nitrogen and oxygen atoms in total. The fourth-order valence-electron chi connectivity index (χ4n) is 1.63. The molecule has 2 atom stereocenters. The lowest BCUT2D eigenvalue weighted by molar-refractivity contribution is 0.0244.